The van der Waals surface area contributed by atoms with Crippen LogP contribution in [0.4, 0.5) is 5.69 Å². The van der Waals surface area contributed by atoms with Gasteiger partial charge in [-0.15, -0.1) is 35.6 Å². The van der Waals surface area contributed by atoms with E-state index in [1.165, 1.54) is 19.2 Å². The van der Waals surface area contributed by atoms with E-state index in [4.69, 9.17) is 27.9 Å². The van der Waals surface area contributed by atoms with Crippen molar-refractivity contribution in [1.29, 1.82) is 0 Å². The van der Waals surface area contributed by atoms with Crippen LogP contribution in [0.25, 0.3) is 0 Å². The zero-order valence-corrected chi connectivity index (χ0v) is 13.4. The number of nitro groups is 1. The van der Waals surface area contributed by atoms with Crippen molar-refractivity contribution in [2.24, 2.45) is 0 Å². The summed E-state index contributed by atoms with van der Waals surface area (Å²) in [7, 11) is 1.54. The Morgan fingerprint density at radius 1 is 1.30 bits per heavy atom. The molecule has 0 aromatic heterocycles. The summed E-state index contributed by atoms with van der Waals surface area (Å²) >= 11 is 11.5. The lowest BCUT2D eigenvalue weighted by Crippen LogP contribution is -2.27. The van der Waals surface area contributed by atoms with Crippen LogP contribution < -0.4 is 4.74 Å². The molecule has 8 heteroatoms. The Morgan fingerprint density at radius 2 is 1.90 bits per heavy atom. The van der Waals surface area contributed by atoms with Gasteiger partial charge in [0, 0.05) is 49.1 Å². The fourth-order valence-electron chi connectivity index (χ4n) is 1.75. The van der Waals surface area contributed by atoms with E-state index < -0.39 is 4.92 Å². The Kier molecular flexibility index (Phi) is 9.67. The first-order chi connectivity index (χ1) is 9.12. The number of benzene rings is 1. The van der Waals surface area contributed by atoms with Crippen LogP contribution in [0.15, 0.2) is 18.2 Å². The first-order valence-electron chi connectivity index (χ1n) is 5.78. The number of ether oxygens (including phenoxy) is 1. The first-order valence-corrected chi connectivity index (χ1v) is 6.84. The molecule has 0 unspecified atom stereocenters. The van der Waals surface area contributed by atoms with Gasteiger partial charge in [0.05, 0.1) is 12.0 Å². The monoisotopic (exact) mass is 342 g/mol. The second-order valence-corrected chi connectivity index (χ2v) is 4.66. The molecule has 0 amide bonds. The molecule has 0 radical (unpaired) electrons. The molecule has 0 aliphatic rings. The highest BCUT2D eigenvalue weighted by Crippen LogP contribution is 2.25. The summed E-state index contributed by atoms with van der Waals surface area (Å²) in [5, 5.41) is 10.8. The molecule has 0 aliphatic carbocycles. The van der Waals surface area contributed by atoms with E-state index in [1.807, 2.05) is 4.90 Å². The van der Waals surface area contributed by atoms with Crippen LogP contribution in [0.1, 0.15) is 5.56 Å². The summed E-state index contributed by atoms with van der Waals surface area (Å²) in [6, 6.07) is 4.55. The van der Waals surface area contributed by atoms with E-state index in [0.717, 1.165) is 5.56 Å². The minimum Gasteiger partial charge on any atom is -0.496 e. The number of hydrogen-bond donors (Lipinski definition) is 0. The maximum atomic E-state index is 10.8. The number of hydrogen-bond acceptors (Lipinski definition) is 4. The minimum atomic E-state index is -0.420. The molecule has 1 aromatic rings. The molecule has 0 spiro atoms. The van der Waals surface area contributed by atoms with Crippen LogP contribution in [0.2, 0.25) is 0 Å². The zero-order valence-electron chi connectivity index (χ0n) is 11.1. The van der Waals surface area contributed by atoms with Crippen LogP contribution in [0.3, 0.4) is 0 Å². The number of halogens is 3. The maximum Gasteiger partial charge on any atom is 0.270 e. The fraction of sp³-hybridized carbons (Fsp3) is 0.500. The zero-order chi connectivity index (χ0) is 14.3. The Balaban J connectivity index is 0.00000361. The predicted octanol–water partition coefficient (Wildman–Crippen LogP) is 3.30. The van der Waals surface area contributed by atoms with E-state index in [0.29, 0.717) is 37.1 Å². The molecular weight excluding hydrogens is 327 g/mol. The molecule has 0 fully saturated rings. The Labute approximate surface area is 134 Å². The van der Waals surface area contributed by atoms with Gasteiger partial charge in [-0.25, -0.2) is 0 Å². The molecule has 114 valence electrons. The summed E-state index contributed by atoms with van der Waals surface area (Å²) in [5.74, 6) is 1.59. The summed E-state index contributed by atoms with van der Waals surface area (Å²) in [4.78, 5) is 12.4. The number of alkyl halides is 2. The van der Waals surface area contributed by atoms with Crippen molar-refractivity contribution < 1.29 is 9.66 Å². The SMILES string of the molecule is COc1ccc([N+](=O)[O-])cc1CN(CCCl)CCCl.Cl. The molecule has 0 atom stereocenters. The third-order valence-electron chi connectivity index (χ3n) is 2.67. The van der Waals surface area contributed by atoms with E-state index >= 15 is 0 Å². The molecule has 0 aliphatic heterocycles. The average molecular weight is 344 g/mol. The van der Waals surface area contributed by atoms with Gasteiger partial charge < -0.3 is 4.74 Å². The minimum absolute atomic E-state index is 0. The van der Waals surface area contributed by atoms with Crippen LogP contribution in [0, 0.1) is 10.1 Å². The Hall–Kier alpha value is -0.750. The van der Waals surface area contributed by atoms with Gasteiger partial charge in [-0.2, -0.15) is 0 Å². The van der Waals surface area contributed by atoms with Crippen molar-refractivity contribution in [2.45, 2.75) is 6.54 Å². The molecule has 1 rings (SSSR count). The van der Waals surface area contributed by atoms with Crippen LogP contribution in [0.5, 0.6) is 5.75 Å². The van der Waals surface area contributed by atoms with Gasteiger partial charge in [-0.1, -0.05) is 0 Å². The van der Waals surface area contributed by atoms with Crippen molar-refractivity contribution in [3.05, 3.63) is 33.9 Å². The highest BCUT2D eigenvalue weighted by atomic mass is 35.5. The number of non-ortho nitro benzene ring substituents is 1. The quantitative estimate of drug-likeness (QED) is 0.413. The molecular formula is C12H17Cl3N2O3. The summed E-state index contributed by atoms with van der Waals surface area (Å²) < 4.78 is 5.22. The third kappa shape index (κ3) is 5.71. The average Bonchev–Trinajstić information content (AvgIpc) is 2.39. The van der Waals surface area contributed by atoms with Crippen molar-refractivity contribution in [2.75, 3.05) is 32.0 Å². The normalized spacial score (nSPS) is 10.2. The highest BCUT2D eigenvalue weighted by molar-refractivity contribution is 6.18. The lowest BCUT2D eigenvalue weighted by Gasteiger charge is -2.21. The van der Waals surface area contributed by atoms with Gasteiger partial charge in [0.2, 0.25) is 0 Å². The molecule has 1 aromatic carbocycles. The van der Waals surface area contributed by atoms with Gasteiger partial charge in [0.1, 0.15) is 5.75 Å². The van der Waals surface area contributed by atoms with Gasteiger partial charge >= 0.3 is 0 Å². The standard InChI is InChI=1S/C12H16Cl2N2O3.ClH/c1-19-12-3-2-11(16(17)18)8-10(12)9-15(6-4-13)7-5-14;/h2-3,8H,4-7,9H2,1H3;1H. The summed E-state index contributed by atoms with van der Waals surface area (Å²) in [6.07, 6.45) is 0. The molecule has 20 heavy (non-hydrogen) atoms. The highest BCUT2D eigenvalue weighted by Gasteiger charge is 2.14. The number of nitro benzene ring substituents is 1. The molecule has 0 saturated carbocycles. The van der Waals surface area contributed by atoms with Gasteiger partial charge in [-0.3, -0.25) is 15.0 Å². The fourth-order valence-corrected chi connectivity index (χ4v) is 2.23. The van der Waals surface area contributed by atoms with Gasteiger partial charge in [0.15, 0.2) is 0 Å². The van der Waals surface area contributed by atoms with Crippen molar-refractivity contribution in [3.63, 3.8) is 0 Å². The smallest absolute Gasteiger partial charge is 0.270 e. The Morgan fingerprint density at radius 3 is 2.35 bits per heavy atom. The molecule has 5 nitrogen and oxygen atoms in total. The summed E-state index contributed by atoms with van der Waals surface area (Å²) in [6.45, 7) is 1.85. The van der Waals surface area contributed by atoms with Crippen molar-refractivity contribution in [1.82, 2.24) is 4.90 Å². The largest absolute Gasteiger partial charge is 0.496 e. The van der Waals surface area contributed by atoms with Crippen LogP contribution in [-0.4, -0.2) is 41.8 Å². The molecule has 0 bridgehead atoms. The van der Waals surface area contributed by atoms with E-state index in [1.54, 1.807) is 6.07 Å². The lowest BCUT2D eigenvalue weighted by molar-refractivity contribution is -0.384. The maximum absolute atomic E-state index is 10.8. The second kappa shape index (κ2) is 10.0. The third-order valence-corrected chi connectivity index (χ3v) is 3.01. The molecule has 0 heterocycles. The van der Waals surface area contributed by atoms with Crippen molar-refractivity contribution in [3.8, 4) is 5.75 Å². The second-order valence-electron chi connectivity index (χ2n) is 3.91. The predicted molar refractivity (Wildman–Crippen MR) is 83.6 cm³/mol. The number of rotatable bonds is 8. The molecule has 0 saturated heterocycles. The Bertz CT molecular complexity index is 426. The number of methoxy groups -OCH3 is 1. The van der Waals surface area contributed by atoms with Crippen LogP contribution in [-0.2, 0) is 6.54 Å². The lowest BCUT2D eigenvalue weighted by atomic mass is 10.1. The van der Waals surface area contributed by atoms with E-state index in [9.17, 15) is 10.1 Å². The molecule has 0 N–H and O–H groups in total. The van der Waals surface area contributed by atoms with E-state index in [2.05, 4.69) is 0 Å². The van der Waals surface area contributed by atoms with Crippen molar-refractivity contribution >= 4 is 41.3 Å². The van der Waals surface area contributed by atoms with Gasteiger partial charge in [0.25, 0.3) is 5.69 Å². The number of nitrogens with zero attached hydrogens (tertiary/aromatic N) is 2. The van der Waals surface area contributed by atoms with Crippen LogP contribution >= 0.6 is 35.6 Å². The van der Waals surface area contributed by atoms with Gasteiger partial charge in [-0.05, 0) is 6.07 Å². The first kappa shape index (κ1) is 19.2. The summed E-state index contributed by atoms with van der Waals surface area (Å²) in [5.41, 5.74) is 0.805. The van der Waals surface area contributed by atoms with E-state index in [-0.39, 0.29) is 18.1 Å². The topological polar surface area (TPSA) is 55.6 Å².